The number of alkyl carbamates (subject to hydrolysis) is 1. The van der Waals surface area contributed by atoms with Crippen molar-refractivity contribution in [1.82, 2.24) is 15.1 Å². The molecule has 2 aromatic carbocycles. The van der Waals surface area contributed by atoms with Gasteiger partial charge in [0.25, 0.3) is 5.92 Å². The maximum Gasteiger partial charge on any atom is 0.410 e. The van der Waals surface area contributed by atoms with E-state index in [1.54, 1.807) is 43.9 Å². The number of nitrogens with one attached hydrogen (secondary N) is 1. The van der Waals surface area contributed by atoms with E-state index in [-0.39, 0.29) is 36.8 Å². The third-order valence-electron chi connectivity index (χ3n) is 7.47. The summed E-state index contributed by atoms with van der Waals surface area (Å²) in [6, 6.07) is 10.5. The zero-order chi connectivity index (χ0) is 32.9. The highest BCUT2D eigenvalue weighted by molar-refractivity contribution is 5.86. The van der Waals surface area contributed by atoms with Gasteiger partial charge in [-0.05, 0) is 69.5 Å². The number of nitrogens with zero attached hydrogens (tertiary/aromatic N) is 2. The molecule has 3 amide bonds. The molecule has 246 valence electrons. The number of benzene rings is 2. The molecular weight excluding hydrogens is 591 g/mol. The van der Waals surface area contributed by atoms with E-state index in [2.05, 4.69) is 5.32 Å². The van der Waals surface area contributed by atoms with Crippen molar-refractivity contribution in [2.24, 2.45) is 0 Å². The van der Waals surface area contributed by atoms with Crippen LogP contribution in [0.5, 0.6) is 5.75 Å². The minimum absolute atomic E-state index is 0.0487. The van der Waals surface area contributed by atoms with Crippen LogP contribution < -0.4 is 10.1 Å². The van der Waals surface area contributed by atoms with Crippen molar-refractivity contribution in [1.29, 1.82) is 0 Å². The van der Waals surface area contributed by atoms with Crippen LogP contribution >= 0.6 is 0 Å². The first-order valence-electron chi connectivity index (χ1n) is 15.3. The minimum atomic E-state index is -3.01. The van der Waals surface area contributed by atoms with Crippen molar-refractivity contribution < 1.29 is 41.8 Å². The van der Waals surface area contributed by atoms with Gasteiger partial charge in [-0.15, -0.1) is 0 Å². The summed E-state index contributed by atoms with van der Waals surface area (Å²) in [6.45, 7) is 8.75. The van der Waals surface area contributed by atoms with E-state index in [1.807, 2.05) is 26.0 Å². The predicted molar refractivity (Wildman–Crippen MR) is 162 cm³/mol. The largest absolute Gasteiger partial charge is 0.490 e. The fourth-order valence-corrected chi connectivity index (χ4v) is 5.26. The molecule has 0 bridgehead atoms. The number of carbonyl (C=O) groups excluding carboxylic acids is 3. The van der Waals surface area contributed by atoms with Crippen molar-refractivity contribution >= 4 is 18.1 Å². The molecule has 2 aromatic rings. The summed E-state index contributed by atoms with van der Waals surface area (Å²) >= 11 is 0. The van der Waals surface area contributed by atoms with Gasteiger partial charge in [0, 0.05) is 45.3 Å². The molecule has 9 nitrogen and oxygen atoms in total. The first-order valence-corrected chi connectivity index (χ1v) is 15.3. The number of piperidine rings is 1. The Labute approximate surface area is 262 Å². The molecule has 2 fully saturated rings. The van der Waals surface area contributed by atoms with E-state index in [4.69, 9.17) is 14.2 Å². The molecule has 45 heavy (non-hydrogen) atoms. The molecule has 1 N–H and O–H groups in total. The number of hydrogen-bond donors (Lipinski definition) is 1. The van der Waals surface area contributed by atoms with E-state index in [1.165, 1.54) is 12.1 Å². The smallest absolute Gasteiger partial charge is 0.410 e. The van der Waals surface area contributed by atoms with Crippen LogP contribution in [0.1, 0.15) is 59.4 Å². The van der Waals surface area contributed by atoms with Gasteiger partial charge in [0.2, 0.25) is 5.91 Å². The molecule has 2 saturated heterocycles. The Kier molecular flexibility index (Phi) is 10.5. The molecule has 2 aliphatic rings. The number of halogens is 3. The predicted octanol–water partition coefficient (Wildman–Crippen LogP) is 6.18. The van der Waals surface area contributed by atoms with Gasteiger partial charge < -0.3 is 29.3 Å². The zero-order valence-corrected chi connectivity index (χ0v) is 26.4. The van der Waals surface area contributed by atoms with Gasteiger partial charge in [0.1, 0.15) is 29.3 Å². The highest BCUT2D eigenvalue weighted by Gasteiger charge is 2.42. The molecule has 0 aliphatic carbocycles. The van der Waals surface area contributed by atoms with Crippen LogP contribution in [0.4, 0.5) is 22.8 Å². The number of amides is 3. The molecular formula is C33H42F3N3O6. The van der Waals surface area contributed by atoms with Crippen molar-refractivity contribution in [3.63, 3.8) is 0 Å². The lowest BCUT2D eigenvalue weighted by Crippen LogP contribution is -2.50. The second kappa shape index (κ2) is 14.0. The van der Waals surface area contributed by atoms with E-state index in [0.29, 0.717) is 37.2 Å². The minimum Gasteiger partial charge on any atom is -0.490 e. The Morgan fingerprint density at radius 2 is 1.62 bits per heavy atom. The summed E-state index contributed by atoms with van der Waals surface area (Å²) in [4.78, 5) is 40.4. The molecule has 2 aliphatic heterocycles. The van der Waals surface area contributed by atoms with Crippen LogP contribution in [0.25, 0.3) is 11.1 Å². The Balaban J connectivity index is 1.39. The van der Waals surface area contributed by atoms with Gasteiger partial charge in [0.15, 0.2) is 0 Å². The number of ether oxygens (including phenoxy) is 3. The first kappa shape index (κ1) is 33.9. The van der Waals surface area contributed by atoms with Crippen molar-refractivity contribution in [2.75, 3.05) is 26.2 Å². The molecule has 0 aromatic heterocycles. The van der Waals surface area contributed by atoms with E-state index in [9.17, 15) is 23.2 Å². The zero-order valence-electron chi connectivity index (χ0n) is 26.4. The number of carbonyl (C=O) groups is 3. The van der Waals surface area contributed by atoms with Gasteiger partial charge in [-0.2, -0.15) is 0 Å². The van der Waals surface area contributed by atoms with E-state index >= 15 is 4.39 Å². The van der Waals surface area contributed by atoms with Crippen LogP contribution in [0.2, 0.25) is 0 Å². The third-order valence-corrected chi connectivity index (χ3v) is 7.47. The highest BCUT2D eigenvalue weighted by atomic mass is 19.3. The van der Waals surface area contributed by atoms with Gasteiger partial charge >= 0.3 is 12.2 Å². The lowest BCUT2D eigenvalue weighted by molar-refractivity contribution is -0.133. The van der Waals surface area contributed by atoms with Crippen LogP contribution in [0.3, 0.4) is 0 Å². The second-order valence-electron chi connectivity index (χ2n) is 12.8. The fraction of sp³-hybridized carbons (Fsp3) is 0.545. The summed E-state index contributed by atoms with van der Waals surface area (Å²) in [5, 5.41) is 2.45. The Hall–Kier alpha value is -3.96. The van der Waals surface area contributed by atoms with Crippen molar-refractivity contribution in [3.8, 4) is 16.9 Å². The summed E-state index contributed by atoms with van der Waals surface area (Å²) in [7, 11) is 0. The van der Waals surface area contributed by atoms with Gasteiger partial charge in [-0.1, -0.05) is 24.3 Å². The lowest BCUT2D eigenvalue weighted by Gasteiger charge is -2.32. The summed E-state index contributed by atoms with van der Waals surface area (Å²) in [5.41, 5.74) is 0.606. The van der Waals surface area contributed by atoms with Crippen LogP contribution in [0.15, 0.2) is 42.5 Å². The maximum atomic E-state index is 15.4. The first-order chi connectivity index (χ1) is 21.1. The highest BCUT2D eigenvalue weighted by Crippen LogP contribution is 2.29. The van der Waals surface area contributed by atoms with E-state index < -0.39 is 48.3 Å². The molecule has 1 atom stereocenters. The summed E-state index contributed by atoms with van der Waals surface area (Å²) < 4.78 is 59.6. The molecule has 2 heterocycles. The summed E-state index contributed by atoms with van der Waals surface area (Å²) in [5.74, 6) is -3.69. The average molecular weight is 634 g/mol. The lowest BCUT2D eigenvalue weighted by atomic mass is 9.99. The monoisotopic (exact) mass is 633 g/mol. The van der Waals surface area contributed by atoms with E-state index in [0.717, 1.165) is 10.5 Å². The molecule has 12 heteroatoms. The average Bonchev–Trinajstić information content (AvgIpc) is 3.32. The number of hydrogen-bond acceptors (Lipinski definition) is 6. The quantitative estimate of drug-likeness (QED) is 0.373. The number of likely N-dealkylation sites (tertiary alicyclic amines) is 2. The SMILES string of the molecule is CC(C)OC(=O)N1CCC(Oc2ccc(-c3ccc(CC(NC(=O)OC(C)(C)C)C(=O)N4CCC(F)(F)C4)c(F)c3)cc2)CC1. The maximum absolute atomic E-state index is 15.4. The molecule has 1 unspecified atom stereocenters. The molecule has 0 radical (unpaired) electrons. The van der Waals surface area contributed by atoms with Crippen LogP contribution in [0, 0.1) is 5.82 Å². The Morgan fingerprint density at radius 3 is 2.18 bits per heavy atom. The fourth-order valence-electron chi connectivity index (χ4n) is 5.26. The van der Waals surface area contributed by atoms with Crippen LogP contribution in [-0.4, -0.2) is 83.8 Å². The van der Waals surface area contributed by atoms with Gasteiger partial charge in [-0.3, -0.25) is 4.79 Å². The molecule has 0 saturated carbocycles. The van der Waals surface area contributed by atoms with Crippen molar-refractivity contribution in [2.45, 2.75) is 90.1 Å². The standard InChI is InChI=1S/C33H42F3N3O6/c1-21(2)43-31(42)38-15-12-26(13-16-38)44-25-10-8-22(9-11-25)23-6-7-24(27(34)18-23)19-28(37-30(41)45-32(3,4)5)29(40)39-17-14-33(35,36)20-39/h6-11,18,21,26,28H,12-17,19-20H2,1-5H3,(H,37,41). The normalized spacial score (nSPS) is 17.6. The topological polar surface area (TPSA) is 97.4 Å². The number of alkyl halides is 2. The molecule has 4 rings (SSSR count). The number of rotatable bonds is 8. The summed E-state index contributed by atoms with van der Waals surface area (Å²) in [6.07, 6.45) is -0.801. The third kappa shape index (κ3) is 9.76. The van der Waals surface area contributed by atoms with Crippen molar-refractivity contribution in [3.05, 3.63) is 53.8 Å². The van der Waals surface area contributed by atoms with Gasteiger partial charge in [-0.25, -0.2) is 22.8 Å². The van der Waals surface area contributed by atoms with Crippen LogP contribution in [-0.2, 0) is 20.7 Å². The Bertz CT molecular complexity index is 1350. The Morgan fingerprint density at radius 1 is 0.978 bits per heavy atom. The molecule has 0 spiro atoms. The van der Waals surface area contributed by atoms with Gasteiger partial charge in [0.05, 0.1) is 12.6 Å². The second-order valence-corrected chi connectivity index (χ2v) is 12.8.